The lowest BCUT2D eigenvalue weighted by atomic mass is 10.0. The molecule has 0 heterocycles. The van der Waals surface area contributed by atoms with Crippen molar-refractivity contribution in [2.24, 2.45) is 5.41 Å². The Morgan fingerprint density at radius 2 is 1.50 bits per heavy atom. The van der Waals surface area contributed by atoms with Crippen molar-refractivity contribution in [3.05, 3.63) is 0 Å². The van der Waals surface area contributed by atoms with Crippen molar-refractivity contribution < 1.29 is 0 Å². The van der Waals surface area contributed by atoms with Crippen molar-refractivity contribution in [1.82, 2.24) is 4.90 Å². The monoisotopic (exact) mass is 191 g/mol. The van der Waals surface area contributed by atoms with Gasteiger partial charge in [-0.2, -0.15) is 0 Å². The molecule has 12 heavy (non-hydrogen) atoms. The van der Waals surface area contributed by atoms with Gasteiger partial charge >= 0.3 is 0 Å². The molecule has 0 rings (SSSR count). The summed E-state index contributed by atoms with van der Waals surface area (Å²) in [7, 11) is 3.92. The Morgan fingerprint density at radius 1 is 1.08 bits per heavy atom. The van der Waals surface area contributed by atoms with Crippen LogP contribution in [0.5, 0.6) is 0 Å². The molecule has 1 nitrogen and oxygen atoms in total. The second-order valence-corrected chi connectivity index (χ2v) is 9.76. The third kappa shape index (κ3) is 6.99. The zero-order valence-corrected chi connectivity index (χ0v) is 10.6. The first-order chi connectivity index (χ1) is 5.12. The first kappa shape index (κ1) is 12.3. The maximum Gasteiger partial charge on any atom is 0.0279 e. The largest absolute Gasteiger partial charge is 0.302 e. The highest BCUT2D eigenvalue weighted by atomic mass is 32.3. The third-order valence-electron chi connectivity index (χ3n) is 1.43. The van der Waals surface area contributed by atoms with Gasteiger partial charge in [-0.1, -0.05) is 20.8 Å². The quantitative estimate of drug-likeness (QED) is 0.663. The molecule has 0 atom stereocenters. The summed E-state index contributed by atoms with van der Waals surface area (Å²) in [6.07, 6.45) is 4.86. The van der Waals surface area contributed by atoms with Gasteiger partial charge in [-0.25, -0.2) is 10.0 Å². The predicted molar refractivity (Wildman–Crippen MR) is 62.3 cm³/mol. The molecule has 0 saturated heterocycles. The van der Waals surface area contributed by atoms with Gasteiger partial charge in [-0.15, -0.1) is 0 Å². The lowest BCUT2D eigenvalue weighted by molar-refractivity contribution is 0.461. The zero-order valence-electron chi connectivity index (χ0n) is 9.77. The predicted octanol–water partition coefficient (Wildman–Crippen LogP) is 2.62. The minimum Gasteiger partial charge on any atom is -0.302 e. The number of rotatable bonds is 3. The molecule has 0 unspecified atom stereocenters. The molecule has 0 N–H and O–H groups in total. The van der Waals surface area contributed by atoms with E-state index in [2.05, 4.69) is 52.3 Å². The summed E-state index contributed by atoms with van der Waals surface area (Å²) in [5.41, 5.74) is 0.481. The van der Waals surface area contributed by atoms with Gasteiger partial charge in [-0.05, 0) is 37.8 Å². The molecule has 0 spiro atoms. The molecule has 0 radical (unpaired) electrons. The fraction of sp³-hybridized carbons (Fsp3) is 1.00. The van der Waals surface area contributed by atoms with Crippen LogP contribution in [0.3, 0.4) is 0 Å². The molecular formula is C10H25NS. The Bertz CT molecular complexity index is 133. The summed E-state index contributed by atoms with van der Waals surface area (Å²) in [6.45, 7) is 6.99. The van der Waals surface area contributed by atoms with Crippen LogP contribution < -0.4 is 0 Å². The minimum absolute atomic E-state index is 0.413. The maximum atomic E-state index is 2.43. The van der Waals surface area contributed by atoms with E-state index in [-0.39, 0.29) is 0 Å². The first-order valence-electron chi connectivity index (χ1n) is 4.46. The van der Waals surface area contributed by atoms with Gasteiger partial charge in [0.1, 0.15) is 0 Å². The second kappa shape index (κ2) is 4.01. The van der Waals surface area contributed by atoms with Crippen LogP contribution >= 0.6 is 10.0 Å². The van der Waals surface area contributed by atoms with Crippen LogP contribution in [0.25, 0.3) is 0 Å². The summed E-state index contributed by atoms with van der Waals surface area (Å²) < 4.78 is 0. The summed E-state index contributed by atoms with van der Waals surface area (Å²) in [4.78, 5) is 2.31. The molecule has 0 amide bonds. The van der Waals surface area contributed by atoms with E-state index in [1.165, 1.54) is 11.6 Å². The third-order valence-corrected chi connectivity index (χ3v) is 4.29. The molecule has 0 saturated carbocycles. The first-order valence-corrected chi connectivity index (χ1v) is 7.25. The molecule has 0 aromatic carbocycles. The van der Waals surface area contributed by atoms with E-state index < -0.39 is 10.0 Å². The lowest BCUT2D eigenvalue weighted by Crippen LogP contribution is -2.25. The highest BCUT2D eigenvalue weighted by Gasteiger charge is 2.21. The van der Waals surface area contributed by atoms with Crippen molar-refractivity contribution in [1.29, 1.82) is 0 Å². The Hall–Kier alpha value is 0.310. The van der Waals surface area contributed by atoms with E-state index in [9.17, 15) is 0 Å². The van der Waals surface area contributed by atoms with Crippen LogP contribution in [0, 0.1) is 5.41 Å². The van der Waals surface area contributed by atoms with Crippen LogP contribution in [0.1, 0.15) is 20.8 Å². The number of nitrogens with zero attached hydrogens (tertiary/aromatic N) is 1. The fourth-order valence-electron chi connectivity index (χ4n) is 1.92. The minimum atomic E-state index is -0.413. The molecule has 0 aliphatic heterocycles. The van der Waals surface area contributed by atoms with E-state index >= 15 is 0 Å². The molecule has 0 fully saturated rings. The molecule has 0 aliphatic carbocycles. The van der Waals surface area contributed by atoms with Gasteiger partial charge in [0.15, 0.2) is 0 Å². The zero-order chi connectivity index (χ0) is 9.99. The van der Waals surface area contributed by atoms with Crippen LogP contribution in [-0.4, -0.2) is 43.1 Å². The summed E-state index contributed by atoms with van der Waals surface area (Å²) in [5.74, 6) is 2.61. The second-order valence-electron chi connectivity index (χ2n) is 5.68. The van der Waals surface area contributed by atoms with Crippen molar-refractivity contribution in [3.8, 4) is 0 Å². The van der Waals surface area contributed by atoms with Crippen LogP contribution in [0.2, 0.25) is 0 Å². The number of hydrogen-bond donors (Lipinski definition) is 0. The average Bonchev–Trinajstić information content (AvgIpc) is 1.48. The van der Waals surface area contributed by atoms with E-state index in [4.69, 9.17) is 0 Å². The van der Waals surface area contributed by atoms with E-state index in [0.29, 0.717) is 5.41 Å². The van der Waals surface area contributed by atoms with E-state index in [1.807, 2.05) is 0 Å². The molecule has 0 aromatic rings. The lowest BCUT2D eigenvalue weighted by Gasteiger charge is -2.39. The summed E-state index contributed by atoms with van der Waals surface area (Å²) >= 11 is 0. The van der Waals surface area contributed by atoms with Crippen LogP contribution in [0.15, 0.2) is 0 Å². The molecular weight excluding hydrogens is 166 g/mol. The van der Waals surface area contributed by atoms with Crippen molar-refractivity contribution in [2.45, 2.75) is 20.8 Å². The number of hydrogen-bond acceptors (Lipinski definition) is 1. The molecule has 0 aliphatic rings. The summed E-state index contributed by atoms with van der Waals surface area (Å²) in [6, 6.07) is 0. The Balaban J connectivity index is 4.04. The van der Waals surface area contributed by atoms with Gasteiger partial charge in [0.05, 0.1) is 0 Å². The van der Waals surface area contributed by atoms with E-state index in [1.54, 1.807) is 0 Å². The Labute approximate surface area is 79.8 Å². The van der Waals surface area contributed by atoms with Gasteiger partial charge < -0.3 is 4.90 Å². The highest BCUT2D eigenvalue weighted by molar-refractivity contribution is 8.32. The molecule has 0 bridgehead atoms. The van der Waals surface area contributed by atoms with Crippen molar-refractivity contribution in [2.75, 3.05) is 38.2 Å². The van der Waals surface area contributed by atoms with Crippen LogP contribution in [-0.2, 0) is 0 Å². The normalized spacial score (nSPS) is 15.3. The van der Waals surface area contributed by atoms with Gasteiger partial charge in [-0.3, -0.25) is 0 Å². The maximum absolute atomic E-state index is 2.43. The van der Waals surface area contributed by atoms with Gasteiger partial charge in [0.2, 0.25) is 0 Å². The summed E-state index contributed by atoms with van der Waals surface area (Å²) in [5, 5.41) is 0. The standard InChI is InChI=1S/C10H25NS/c1-10(2,3)8-12(6,7)9-11(4)5/h8-9H2,1-7H3. The Kier molecular flexibility index (Phi) is 4.12. The van der Waals surface area contributed by atoms with Crippen molar-refractivity contribution in [3.63, 3.8) is 0 Å². The van der Waals surface area contributed by atoms with Gasteiger partial charge in [0.25, 0.3) is 0 Å². The smallest absolute Gasteiger partial charge is 0.0279 e. The topological polar surface area (TPSA) is 3.24 Å². The SMILES string of the molecule is CN(C)CS(C)(C)CC(C)(C)C. The van der Waals surface area contributed by atoms with E-state index in [0.717, 1.165) is 0 Å². The van der Waals surface area contributed by atoms with Crippen molar-refractivity contribution >= 4 is 10.0 Å². The van der Waals surface area contributed by atoms with Gasteiger partial charge in [0, 0.05) is 5.88 Å². The molecule has 2 heteroatoms. The highest BCUT2D eigenvalue weighted by Crippen LogP contribution is 2.44. The average molecular weight is 191 g/mol. The van der Waals surface area contributed by atoms with Crippen LogP contribution in [0.4, 0.5) is 0 Å². The fourth-order valence-corrected chi connectivity index (χ4v) is 5.75. The molecule has 0 aromatic heterocycles. The Morgan fingerprint density at radius 3 is 1.75 bits per heavy atom. The molecule has 76 valence electrons.